The third kappa shape index (κ3) is 2.71. The van der Waals surface area contributed by atoms with Gasteiger partial charge in [-0.25, -0.2) is 0 Å². The Morgan fingerprint density at radius 1 is 1.44 bits per heavy atom. The molecule has 1 nitrogen and oxygen atoms in total. The highest BCUT2D eigenvalue weighted by atomic mass is 14.2. The van der Waals surface area contributed by atoms with E-state index in [2.05, 4.69) is 6.07 Å². The Morgan fingerprint density at radius 2 is 2.00 bits per heavy atom. The van der Waals surface area contributed by atoms with Crippen molar-refractivity contribution in [1.82, 2.24) is 0 Å². The van der Waals surface area contributed by atoms with E-state index in [1.54, 1.807) is 0 Å². The lowest BCUT2D eigenvalue weighted by atomic mass is 10.1. The molecule has 0 N–H and O–H groups in total. The van der Waals surface area contributed by atoms with Crippen molar-refractivity contribution in [3.8, 4) is 6.07 Å². The van der Waals surface area contributed by atoms with Gasteiger partial charge in [-0.15, -0.1) is 0 Å². The number of nitrogens with zero attached hydrogens (tertiary/aromatic N) is 1. The SMILES string of the molecule is C/C=C\C(C)=C(/C)C#N. The molecule has 0 rings (SSSR count). The summed E-state index contributed by atoms with van der Waals surface area (Å²) in [4.78, 5) is 0. The topological polar surface area (TPSA) is 23.8 Å². The molecule has 0 aliphatic rings. The second-order valence-electron chi connectivity index (χ2n) is 1.92. The van der Waals surface area contributed by atoms with Gasteiger partial charge in [0.05, 0.1) is 6.07 Å². The molecule has 0 aromatic rings. The van der Waals surface area contributed by atoms with Crippen molar-refractivity contribution in [2.45, 2.75) is 20.8 Å². The summed E-state index contributed by atoms with van der Waals surface area (Å²) in [7, 11) is 0. The summed E-state index contributed by atoms with van der Waals surface area (Å²) in [6, 6.07) is 2.08. The van der Waals surface area contributed by atoms with E-state index >= 15 is 0 Å². The Bertz CT molecular complexity index is 179. The van der Waals surface area contributed by atoms with Crippen LogP contribution in [0.5, 0.6) is 0 Å². The molecule has 0 aliphatic heterocycles. The molecule has 0 heterocycles. The molecule has 0 bridgehead atoms. The summed E-state index contributed by atoms with van der Waals surface area (Å²) in [6.45, 7) is 5.68. The fourth-order valence-electron chi connectivity index (χ4n) is 0.463. The number of hydrogen-bond acceptors (Lipinski definition) is 1. The number of rotatable bonds is 1. The lowest BCUT2D eigenvalue weighted by Gasteiger charge is -1.89. The van der Waals surface area contributed by atoms with Crippen LogP contribution >= 0.6 is 0 Å². The normalized spacial score (nSPS) is 13.1. The van der Waals surface area contributed by atoms with Gasteiger partial charge in [0.25, 0.3) is 0 Å². The minimum absolute atomic E-state index is 0.785. The lowest BCUT2D eigenvalue weighted by molar-refractivity contribution is 1.35. The first-order valence-corrected chi connectivity index (χ1v) is 2.92. The number of hydrogen-bond donors (Lipinski definition) is 0. The number of nitriles is 1. The van der Waals surface area contributed by atoms with E-state index in [1.807, 2.05) is 32.9 Å². The minimum Gasteiger partial charge on any atom is -0.193 e. The third-order valence-electron chi connectivity index (χ3n) is 1.18. The first kappa shape index (κ1) is 7.97. The van der Waals surface area contributed by atoms with Gasteiger partial charge in [0.2, 0.25) is 0 Å². The van der Waals surface area contributed by atoms with E-state index < -0.39 is 0 Å². The van der Waals surface area contributed by atoms with Crippen LogP contribution in [0, 0.1) is 11.3 Å². The van der Waals surface area contributed by atoms with E-state index in [4.69, 9.17) is 5.26 Å². The van der Waals surface area contributed by atoms with Gasteiger partial charge in [-0.2, -0.15) is 5.26 Å². The fraction of sp³-hybridized carbons (Fsp3) is 0.375. The van der Waals surface area contributed by atoms with Gasteiger partial charge in [-0.1, -0.05) is 12.2 Å². The van der Waals surface area contributed by atoms with Crippen LogP contribution in [-0.2, 0) is 0 Å². The Hall–Kier alpha value is -1.03. The molecule has 0 fully saturated rings. The first-order chi connectivity index (χ1) is 4.22. The second kappa shape index (κ2) is 3.91. The van der Waals surface area contributed by atoms with Gasteiger partial charge in [0, 0.05) is 5.57 Å². The molecule has 0 atom stereocenters. The first-order valence-electron chi connectivity index (χ1n) is 2.92. The Morgan fingerprint density at radius 3 is 2.33 bits per heavy atom. The zero-order valence-corrected chi connectivity index (χ0v) is 6.10. The smallest absolute Gasteiger partial charge is 0.0946 e. The van der Waals surface area contributed by atoms with Crippen LogP contribution in [0.4, 0.5) is 0 Å². The molecular weight excluding hydrogens is 110 g/mol. The molecule has 0 amide bonds. The maximum atomic E-state index is 8.39. The van der Waals surface area contributed by atoms with Crippen LogP contribution in [0.25, 0.3) is 0 Å². The van der Waals surface area contributed by atoms with Crippen molar-refractivity contribution in [2.75, 3.05) is 0 Å². The highest BCUT2D eigenvalue weighted by molar-refractivity contribution is 5.31. The highest BCUT2D eigenvalue weighted by Crippen LogP contribution is 2.01. The quantitative estimate of drug-likeness (QED) is 0.386. The molecule has 0 unspecified atom stereocenters. The van der Waals surface area contributed by atoms with E-state index in [0.717, 1.165) is 11.1 Å². The monoisotopic (exact) mass is 121 g/mol. The summed E-state index contributed by atoms with van der Waals surface area (Å²) in [6.07, 6.45) is 3.86. The van der Waals surface area contributed by atoms with Gasteiger partial charge >= 0.3 is 0 Å². The molecule has 0 radical (unpaired) electrons. The standard InChI is InChI=1S/C8H11N/c1-4-5-7(2)8(3)6-9/h4-5H,1-3H3/b5-4-,8-7+. The second-order valence-corrected chi connectivity index (χ2v) is 1.92. The predicted octanol–water partition coefficient (Wildman–Crippen LogP) is 2.42. The van der Waals surface area contributed by atoms with Crippen LogP contribution in [0.2, 0.25) is 0 Å². The zero-order chi connectivity index (χ0) is 7.28. The van der Waals surface area contributed by atoms with Crippen molar-refractivity contribution in [2.24, 2.45) is 0 Å². The molecule has 0 aliphatic carbocycles. The average molecular weight is 121 g/mol. The van der Waals surface area contributed by atoms with Crippen molar-refractivity contribution in [3.63, 3.8) is 0 Å². The van der Waals surface area contributed by atoms with E-state index in [0.29, 0.717) is 0 Å². The van der Waals surface area contributed by atoms with E-state index in [1.165, 1.54) is 0 Å². The molecule has 1 heteroatoms. The van der Waals surface area contributed by atoms with Crippen LogP contribution < -0.4 is 0 Å². The Labute approximate surface area is 56.3 Å². The third-order valence-corrected chi connectivity index (χ3v) is 1.18. The molecule has 0 saturated heterocycles. The number of allylic oxidation sites excluding steroid dienone is 4. The predicted molar refractivity (Wildman–Crippen MR) is 38.8 cm³/mol. The van der Waals surface area contributed by atoms with Crippen molar-refractivity contribution in [3.05, 3.63) is 23.3 Å². The summed E-state index contributed by atoms with van der Waals surface area (Å²) in [5.41, 5.74) is 1.83. The highest BCUT2D eigenvalue weighted by Gasteiger charge is 1.86. The zero-order valence-electron chi connectivity index (χ0n) is 6.10. The van der Waals surface area contributed by atoms with Crippen LogP contribution in [-0.4, -0.2) is 0 Å². The maximum Gasteiger partial charge on any atom is 0.0946 e. The van der Waals surface area contributed by atoms with Gasteiger partial charge in [0.15, 0.2) is 0 Å². The molecule has 0 saturated carbocycles. The molecule has 0 spiro atoms. The van der Waals surface area contributed by atoms with Gasteiger partial charge < -0.3 is 0 Å². The van der Waals surface area contributed by atoms with Gasteiger partial charge in [-0.05, 0) is 26.3 Å². The van der Waals surface area contributed by atoms with Crippen molar-refractivity contribution in [1.29, 1.82) is 5.26 Å². The lowest BCUT2D eigenvalue weighted by Crippen LogP contribution is -1.73. The van der Waals surface area contributed by atoms with Gasteiger partial charge in [-0.3, -0.25) is 0 Å². The molecule has 0 aromatic heterocycles. The van der Waals surface area contributed by atoms with Crippen molar-refractivity contribution < 1.29 is 0 Å². The van der Waals surface area contributed by atoms with E-state index in [9.17, 15) is 0 Å². The maximum absolute atomic E-state index is 8.39. The largest absolute Gasteiger partial charge is 0.193 e. The van der Waals surface area contributed by atoms with Crippen molar-refractivity contribution >= 4 is 0 Å². The summed E-state index contributed by atoms with van der Waals surface area (Å²) < 4.78 is 0. The van der Waals surface area contributed by atoms with Crippen LogP contribution in [0.1, 0.15) is 20.8 Å². The molecule has 9 heavy (non-hydrogen) atoms. The van der Waals surface area contributed by atoms with E-state index in [-0.39, 0.29) is 0 Å². The summed E-state index contributed by atoms with van der Waals surface area (Å²) in [5, 5.41) is 8.39. The molecule has 48 valence electrons. The Kier molecular flexibility index (Phi) is 3.46. The average Bonchev–Trinajstić information content (AvgIpc) is 1.87. The summed E-state index contributed by atoms with van der Waals surface area (Å²) in [5.74, 6) is 0. The minimum atomic E-state index is 0.785. The fourth-order valence-corrected chi connectivity index (χ4v) is 0.463. The molecular formula is C8H11N. The Balaban J connectivity index is 4.34. The van der Waals surface area contributed by atoms with Gasteiger partial charge in [0.1, 0.15) is 0 Å². The van der Waals surface area contributed by atoms with Crippen LogP contribution in [0.3, 0.4) is 0 Å². The molecule has 0 aromatic carbocycles. The van der Waals surface area contributed by atoms with Crippen LogP contribution in [0.15, 0.2) is 23.3 Å². The summed E-state index contributed by atoms with van der Waals surface area (Å²) >= 11 is 0.